The topological polar surface area (TPSA) is 42.1 Å². The Morgan fingerprint density at radius 2 is 1.95 bits per heavy atom. The van der Waals surface area contributed by atoms with Crippen molar-refractivity contribution in [2.24, 2.45) is 0 Å². The molecule has 1 aliphatic heterocycles. The van der Waals surface area contributed by atoms with E-state index in [-0.39, 0.29) is 17.0 Å². The zero-order valence-electron chi connectivity index (χ0n) is 12.8. The van der Waals surface area contributed by atoms with Gasteiger partial charge in [-0.1, -0.05) is 33.8 Å². The predicted molar refractivity (Wildman–Crippen MR) is 86.0 cm³/mol. The summed E-state index contributed by atoms with van der Waals surface area (Å²) in [5.74, 6) is 0.0959. The zero-order valence-corrected chi connectivity index (χ0v) is 13.6. The van der Waals surface area contributed by atoms with Crippen molar-refractivity contribution in [2.45, 2.75) is 40.0 Å². The van der Waals surface area contributed by atoms with Gasteiger partial charge in [-0.3, -0.25) is 4.79 Å². The summed E-state index contributed by atoms with van der Waals surface area (Å²) in [6.07, 6.45) is 0.569. The zero-order chi connectivity index (χ0) is 16.0. The first-order chi connectivity index (χ1) is 10.2. The minimum absolute atomic E-state index is 0.0712. The highest BCUT2D eigenvalue weighted by atomic mass is 35.5. The van der Waals surface area contributed by atoms with Crippen LogP contribution in [0.4, 0.5) is 4.39 Å². The lowest BCUT2D eigenvalue weighted by atomic mass is 10.1. The molecule has 1 aromatic heterocycles. The van der Waals surface area contributed by atoms with Crippen molar-refractivity contribution < 1.29 is 9.13 Å². The first kappa shape index (κ1) is 17.5. The molecule has 0 aliphatic carbocycles. The standard InChI is InChI=1S/C12H9ClFNO2.2C2H6/c13-5-6-1-2-7-10(9(6)14)15-12(16)8-3-4-17-11(7)8;2*1-2/h1-2H,3-5H2,(H,15,16);2*1-2H3. The van der Waals surface area contributed by atoms with Crippen molar-refractivity contribution in [3.8, 4) is 5.75 Å². The van der Waals surface area contributed by atoms with Crippen LogP contribution in [0.15, 0.2) is 16.9 Å². The average molecular weight is 314 g/mol. The second-order valence-corrected chi connectivity index (χ2v) is 4.22. The SMILES string of the molecule is CC.CC.O=c1[nH]c2c(F)c(CCl)ccc2c2c1CCO2. The van der Waals surface area contributed by atoms with Crippen LogP contribution in [0.3, 0.4) is 0 Å². The van der Waals surface area contributed by atoms with E-state index in [0.29, 0.717) is 35.3 Å². The van der Waals surface area contributed by atoms with E-state index in [2.05, 4.69) is 4.98 Å². The second-order valence-electron chi connectivity index (χ2n) is 3.96. The number of nitrogens with one attached hydrogen (secondary N) is 1. The highest BCUT2D eigenvalue weighted by molar-refractivity contribution is 6.17. The van der Waals surface area contributed by atoms with Crippen molar-refractivity contribution in [3.63, 3.8) is 0 Å². The van der Waals surface area contributed by atoms with Gasteiger partial charge in [0.15, 0.2) is 5.82 Å². The third-order valence-corrected chi connectivity index (χ3v) is 3.28. The van der Waals surface area contributed by atoms with Gasteiger partial charge in [-0.15, -0.1) is 11.6 Å². The lowest BCUT2D eigenvalue weighted by Crippen LogP contribution is -2.11. The molecule has 5 heteroatoms. The number of H-pyrrole nitrogens is 1. The molecule has 1 aromatic carbocycles. The number of rotatable bonds is 1. The minimum Gasteiger partial charge on any atom is -0.492 e. The molecule has 116 valence electrons. The third-order valence-electron chi connectivity index (χ3n) is 3.00. The highest BCUT2D eigenvalue weighted by Gasteiger charge is 2.21. The van der Waals surface area contributed by atoms with Crippen molar-refractivity contribution >= 4 is 22.5 Å². The van der Waals surface area contributed by atoms with Crippen molar-refractivity contribution in [3.05, 3.63) is 39.4 Å². The largest absolute Gasteiger partial charge is 0.492 e. The number of pyridine rings is 1. The Labute approximate surface area is 129 Å². The molecule has 0 radical (unpaired) electrons. The molecule has 2 aromatic rings. The van der Waals surface area contributed by atoms with E-state index >= 15 is 0 Å². The van der Waals surface area contributed by atoms with Gasteiger partial charge < -0.3 is 9.72 Å². The number of alkyl halides is 1. The molecular weight excluding hydrogens is 293 g/mol. The molecule has 2 heterocycles. The number of aromatic nitrogens is 1. The molecule has 0 saturated heterocycles. The van der Waals surface area contributed by atoms with Crippen molar-refractivity contribution in [2.75, 3.05) is 6.61 Å². The van der Waals surface area contributed by atoms with Crippen LogP contribution < -0.4 is 10.3 Å². The number of halogens is 2. The summed E-state index contributed by atoms with van der Waals surface area (Å²) >= 11 is 5.63. The Morgan fingerprint density at radius 1 is 1.29 bits per heavy atom. The van der Waals surface area contributed by atoms with Crippen LogP contribution in [-0.2, 0) is 12.3 Å². The van der Waals surface area contributed by atoms with Gasteiger partial charge in [0.05, 0.1) is 23.6 Å². The second kappa shape index (κ2) is 8.03. The van der Waals surface area contributed by atoms with Gasteiger partial charge in [-0.2, -0.15) is 0 Å². The monoisotopic (exact) mass is 313 g/mol. The van der Waals surface area contributed by atoms with E-state index < -0.39 is 5.82 Å². The van der Waals surface area contributed by atoms with E-state index in [1.807, 2.05) is 27.7 Å². The molecule has 0 fully saturated rings. The van der Waals surface area contributed by atoms with Gasteiger partial charge in [0.2, 0.25) is 0 Å². The number of hydrogen-bond donors (Lipinski definition) is 1. The average Bonchev–Trinajstić information content (AvgIpc) is 3.03. The van der Waals surface area contributed by atoms with Crippen LogP contribution in [0.25, 0.3) is 10.9 Å². The molecule has 0 atom stereocenters. The first-order valence-electron chi connectivity index (χ1n) is 7.27. The van der Waals surface area contributed by atoms with Gasteiger partial charge in [-0.25, -0.2) is 4.39 Å². The van der Waals surface area contributed by atoms with Gasteiger partial charge in [0, 0.05) is 17.4 Å². The number of aromatic amines is 1. The van der Waals surface area contributed by atoms with E-state index in [1.54, 1.807) is 12.1 Å². The summed E-state index contributed by atoms with van der Waals surface area (Å²) in [6, 6.07) is 3.35. The first-order valence-corrected chi connectivity index (χ1v) is 7.81. The van der Waals surface area contributed by atoms with Crippen LogP contribution in [0, 0.1) is 5.82 Å². The molecule has 3 rings (SSSR count). The number of benzene rings is 1. The fourth-order valence-corrected chi connectivity index (χ4v) is 2.34. The Hall–Kier alpha value is -1.55. The summed E-state index contributed by atoms with van der Waals surface area (Å²) in [5, 5.41) is 0.600. The van der Waals surface area contributed by atoms with E-state index in [4.69, 9.17) is 16.3 Å². The molecule has 0 amide bonds. The molecule has 21 heavy (non-hydrogen) atoms. The highest BCUT2D eigenvalue weighted by Crippen LogP contribution is 2.32. The van der Waals surface area contributed by atoms with E-state index in [9.17, 15) is 9.18 Å². The van der Waals surface area contributed by atoms with Crippen LogP contribution in [0.5, 0.6) is 5.75 Å². The molecule has 1 N–H and O–H groups in total. The summed E-state index contributed by atoms with van der Waals surface area (Å²) in [5.41, 5.74) is 0.854. The van der Waals surface area contributed by atoms with Crippen LogP contribution >= 0.6 is 11.6 Å². The van der Waals surface area contributed by atoms with Gasteiger partial charge in [0.1, 0.15) is 5.75 Å². The molecule has 0 spiro atoms. The van der Waals surface area contributed by atoms with Crippen LogP contribution in [0.2, 0.25) is 0 Å². The summed E-state index contributed by atoms with van der Waals surface area (Å²) in [6.45, 7) is 8.47. The third kappa shape index (κ3) is 3.21. The number of hydrogen-bond acceptors (Lipinski definition) is 2. The molecule has 3 nitrogen and oxygen atoms in total. The van der Waals surface area contributed by atoms with Gasteiger partial charge in [-0.05, 0) is 6.07 Å². The number of ether oxygens (including phenoxy) is 1. The van der Waals surface area contributed by atoms with Crippen LogP contribution in [0.1, 0.15) is 38.8 Å². The summed E-state index contributed by atoms with van der Waals surface area (Å²) in [7, 11) is 0. The molecular formula is C16H21ClFNO2. The molecule has 0 saturated carbocycles. The van der Waals surface area contributed by atoms with E-state index in [0.717, 1.165) is 0 Å². The maximum absolute atomic E-state index is 14.0. The Morgan fingerprint density at radius 3 is 2.57 bits per heavy atom. The smallest absolute Gasteiger partial charge is 0.255 e. The Kier molecular flexibility index (Phi) is 6.69. The van der Waals surface area contributed by atoms with E-state index in [1.165, 1.54) is 0 Å². The maximum atomic E-state index is 14.0. The normalized spacial score (nSPS) is 11.7. The fraction of sp³-hybridized carbons (Fsp3) is 0.438. The quantitative estimate of drug-likeness (QED) is 0.793. The molecule has 1 aliphatic rings. The maximum Gasteiger partial charge on any atom is 0.255 e. The predicted octanol–water partition coefficient (Wildman–Crippen LogP) is 4.39. The van der Waals surface area contributed by atoms with Gasteiger partial charge in [0.25, 0.3) is 5.56 Å². The van der Waals surface area contributed by atoms with Crippen molar-refractivity contribution in [1.29, 1.82) is 0 Å². The van der Waals surface area contributed by atoms with Gasteiger partial charge >= 0.3 is 0 Å². The Balaban J connectivity index is 0.000000510. The lowest BCUT2D eigenvalue weighted by Gasteiger charge is -2.07. The lowest BCUT2D eigenvalue weighted by molar-refractivity contribution is 0.360. The molecule has 0 unspecified atom stereocenters. The fourth-order valence-electron chi connectivity index (χ4n) is 2.14. The summed E-state index contributed by atoms with van der Waals surface area (Å²) in [4.78, 5) is 14.3. The van der Waals surface area contributed by atoms with Crippen LogP contribution in [-0.4, -0.2) is 11.6 Å². The Bertz CT molecular complexity index is 667. The summed E-state index contributed by atoms with van der Waals surface area (Å²) < 4.78 is 19.4. The van der Waals surface area contributed by atoms with Crippen molar-refractivity contribution in [1.82, 2.24) is 4.98 Å². The molecule has 0 bridgehead atoms. The minimum atomic E-state index is -0.479. The number of fused-ring (bicyclic) bond motifs is 3.